The quantitative estimate of drug-likeness (QED) is 0.746. The van der Waals surface area contributed by atoms with Crippen molar-refractivity contribution in [1.82, 2.24) is 9.97 Å². The van der Waals surface area contributed by atoms with Crippen molar-refractivity contribution < 1.29 is 0 Å². The van der Waals surface area contributed by atoms with Crippen molar-refractivity contribution in [1.29, 1.82) is 0 Å². The van der Waals surface area contributed by atoms with E-state index in [2.05, 4.69) is 9.97 Å². The third-order valence-corrected chi connectivity index (χ3v) is 2.71. The van der Waals surface area contributed by atoms with E-state index in [0.29, 0.717) is 12.5 Å². The minimum atomic E-state index is 0.484. The van der Waals surface area contributed by atoms with E-state index in [1.165, 1.54) is 25.7 Å². The smallest absolute Gasteiger partial charge is 0.0722 e. The van der Waals surface area contributed by atoms with Crippen LogP contribution in [0, 0.1) is 0 Å². The van der Waals surface area contributed by atoms with E-state index < -0.39 is 0 Å². The van der Waals surface area contributed by atoms with Crippen molar-refractivity contribution in [3.05, 3.63) is 23.8 Å². The molecule has 1 aliphatic carbocycles. The molecule has 0 atom stereocenters. The molecule has 0 bridgehead atoms. The molecule has 1 fully saturated rings. The fraction of sp³-hybridized carbons (Fsp3) is 0.600. The summed E-state index contributed by atoms with van der Waals surface area (Å²) in [6.07, 6.45) is 8.91. The molecule has 70 valence electrons. The third-order valence-electron chi connectivity index (χ3n) is 2.71. The van der Waals surface area contributed by atoms with Gasteiger partial charge in [-0.1, -0.05) is 12.8 Å². The van der Waals surface area contributed by atoms with Crippen LogP contribution in [0.15, 0.2) is 12.4 Å². The summed E-state index contributed by atoms with van der Waals surface area (Å²) in [6, 6.07) is 0. The molecular formula is C10H15N3. The fourth-order valence-electron chi connectivity index (χ4n) is 1.90. The van der Waals surface area contributed by atoms with Crippen LogP contribution in [0.3, 0.4) is 0 Å². The van der Waals surface area contributed by atoms with E-state index in [1.807, 2.05) is 6.20 Å². The van der Waals surface area contributed by atoms with Gasteiger partial charge in [0.2, 0.25) is 0 Å². The number of hydrogen-bond donors (Lipinski definition) is 1. The first-order chi connectivity index (χ1) is 6.40. The molecule has 1 aromatic heterocycles. The van der Waals surface area contributed by atoms with Gasteiger partial charge in [0.05, 0.1) is 17.6 Å². The zero-order valence-corrected chi connectivity index (χ0v) is 7.74. The Morgan fingerprint density at radius 3 is 2.54 bits per heavy atom. The van der Waals surface area contributed by atoms with E-state index in [9.17, 15) is 0 Å². The Bertz CT molecular complexity index is 262. The molecule has 0 aromatic carbocycles. The molecule has 3 heteroatoms. The van der Waals surface area contributed by atoms with Crippen LogP contribution < -0.4 is 5.73 Å². The lowest BCUT2D eigenvalue weighted by Gasteiger charge is -2.07. The van der Waals surface area contributed by atoms with Gasteiger partial charge in [0.15, 0.2) is 0 Å². The molecule has 0 unspecified atom stereocenters. The topological polar surface area (TPSA) is 51.8 Å². The predicted octanol–water partition coefficient (Wildman–Crippen LogP) is 1.59. The van der Waals surface area contributed by atoms with E-state index in [-0.39, 0.29) is 0 Å². The van der Waals surface area contributed by atoms with Crippen molar-refractivity contribution >= 4 is 0 Å². The van der Waals surface area contributed by atoms with Crippen molar-refractivity contribution in [3.63, 3.8) is 0 Å². The van der Waals surface area contributed by atoms with Gasteiger partial charge in [0.1, 0.15) is 0 Å². The Morgan fingerprint density at radius 2 is 2.00 bits per heavy atom. The Balaban J connectivity index is 2.12. The molecule has 2 rings (SSSR count). The highest BCUT2D eigenvalue weighted by molar-refractivity contribution is 5.08. The second-order valence-electron chi connectivity index (χ2n) is 3.62. The monoisotopic (exact) mass is 177 g/mol. The molecular weight excluding hydrogens is 162 g/mol. The summed E-state index contributed by atoms with van der Waals surface area (Å²) in [5.74, 6) is 0.652. The molecule has 1 aromatic rings. The molecule has 0 radical (unpaired) electrons. The SMILES string of the molecule is NCc1cnc(C2CCCC2)cn1. The first-order valence-electron chi connectivity index (χ1n) is 4.91. The molecule has 2 N–H and O–H groups in total. The molecule has 13 heavy (non-hydrogen) atoms. The maximum atomic E-state index is 5.45. The molecule has 1 saturated carbocycles. The van der Waals surface area contributed by atoms with Crippen LogP contribution in [0.2, 0.25) is 0 Å². The van der Waals surface area contributed by atoms with Crippen molar-refractivity contribution in [2.45, 2.75) is 38.1 Å². The Kier molecular flexibility index (Phi) is 2.54. The first kappa shape index (κ1) is 8.63. The van der Waals surface area contributed by atoms with Crippen LogP contribution in [0.1, 0.15) is 43.0 Å². The maximum absolute atomic E-state index is 5.45. The Hall–Kier alpha value is -0.960. The number of nitrogens with zero attached hydrogens (tertiary/aromatic N) is 2. The number of aromatic nitrogens is 2. The average molecular weight is 177 g/mol. The van der Waals surface area contributed by atoms with Gasteiger partial charge in [-0.05, 0) is 12.8 Å². The summed E-state index contributed by atoms with van der Waals surface area (Å²) in [5.41, 5.74) is 7.48. The van der Waals surface area contributed by atoms with E-state index >= 15 is 0 Å². The zero-order chi connectivity index (χ0) is 9.10. The van der Waals surface area contributed by atoms with Crippen LogP contribution in [-0.2, 0) is 6.54 Å². The third kappa shape index (κ3) is 1.86. The van der Waals surface area contributed by atoms with Crippen molar-refractivity contribution in [3.8, 4) is 0 Å². The standard InChI is InChI=1S/C10H15N3/c11-5-9-6-13-10(7-12-9)8-3-1-2-4-8/h6-8H,1-5,11H2. The second kappa shape index (κ2) is 3.83. The van der Waals surface area contributed by atoms with Gasteiger partial charge >= 0.3 is 0 Å². The zero-order valence-electron chi connectivity index (χ0n) is 7.74. The van der Waals surface area contributed by atoms with Crippen LogP contribution in [-0.4, -0.2) is 9.97 Å². The minimum Gasteiger partial charge on any atom is -0.325 e. The van der Waals surface area contributed by atoms with Gasteiger partial charge in [-0.15, -0.1) is 0 Å². The first-order valence-corrected chi connectivity index (χ1v) is 4.91. The van der Waals surface area contributed by atoms with Gasteiger partial charge in [-0.25, -0.2) is 0 Å². The van der Waals surface area contributed by atoms with E-state index in [1.54, 1.807) is 6.20 Å². The Morgan fingerprint density at radius 1 is 1.23 bits per heavy atom. The molecule has 3 nitrogen and oxygen atoms in total. The highest BCUT2D eigenvalue weighted by atomic mass is 14.8. The number of hydrogen-bond acceptors (Lipinski definition) is 3. The van der Waals surface area contributed by atoms with Crippen LogP contribution >= 0.6 is 0 Å². The van der Waals surface area contributed by atoms with Crippen LogP contribution in [0.5, 0.6) is 0 Å². The molecule has 0 aliphatic heterocycles. The van der Waals surface area contributed by atoms with Gasteiger partial charge in [-0.2, -0.15) is 0 Å². The van der Waals surface area contributed by atoms with E-state index in [4.69, 9.17) is 5.73 Å². The van der Waals surface area contributed by atoms with Gasteiger partial charge in [0.25, 0.3) is 0 Å². The second-order valence-corrected chi connectivity index (χ2v) is 3.62. The fourth-order valence-corrected chi connectivity index (χ4v) is 1.90. The molecule has 1 heterocycles. The van der Waals surface area contributed by atoms with Crippen molar-refractivity contribution in [2.75, 3.05) is 0 Å². The van der Waals surface area contributed by atoms with Gasteiger partial charge < -0.3 is 5.73 Å². The average Bonchev–Trinajstić information content (AvgIpc) is 2.71. The van der Waals surface area contributed by atoms with Crippen LogP contribution in [0.4, 0.5) is 0 Å². The summed E-state index contributed by atoms with van der Waals surface area (Å²) in [7, 11) is 0. The largest absolute Gasteiger partial charge is 0.325 e. The number of rotatable bonds is 2. The highest BCUT2D eigenvalue weighted by Crippen LogP contribution is 2.32. The lowest BCUT2D eigenvalue weighted by atomic mass is 10.1. The van der Waals surface area contributed by atoms with Gasteiger partial charge in [-0.3, -0.25) is 9.97 Å². The summed E-state index contributed by atoms with van der Waals surface area (Å²) >= 11 is 0. The van der Waals surface area contributed by atoms with E-state index in [0.717, 1.165) is 11.4 Å². The Labute approximate surface area is 78.4 Å². The lowest BCUT2D eigenvalue weighted by Crippen LogP contribution is -2.03. The molecule has 0 amide bonds. The highest BCUT2D eigenvalue weighted by Gasteiger charge is 2.18. The normalized spacial score (nSPS) is 17.9. The predicted molar refractivity (Wildman–Crippen MR) is 51.1 cm³/mol. The summed E-state index contributed by atoms with van der Waals surface area (Å²) < 4.78 is 0. The maximum Gasteiger partial charge on any atom is 0.0722 e. The summed E-state index contributed by atoms with van der Waals surface area (Å²) in [4.78, 5) is 8.64. The molecule has 0 saturated heterocycles. The van der Waals surface area contributed by atoms with Gasteiger partial charge in [0, 0.05) is 18.7 Å². The van der Waals surface area contributed by atoms with Crippen LogP contribution in [0.25, 0.3) is 0 Å². The summed E-state index contributed by atoms with van der Waals surface area (Å²) in [5, 5.41) is 0. The number of nitrogens with two attached hydrogens (primary N) is 1. The van der Waals surface area contributed by atoms with Crippen molar-refractivity contribution in [2.24, 2.45) is 5.73 Å². The molecule has 1 aliphatic rings. The summed E-state index contributed by atoms with van der Waals surface area (Å²) in [6.45, 7) is 0.484. The lowest BCUT2D eigenvalue weighted by molar-refractivity contribution is 0.688. The molecule has 0 spiro atoms. The minimum absolute atomic E-state index is 0.484.